The first-order valence-corrected chi connectivity index (χ1v) is 10.1. The molecule has 6 nitrogen and oxygen atoms in total. The first-order valence-electron chi connectivity index (χ1n) is 10.1. The van der Waals surface area contributed by atoms with E-state index in [1.165, 1.54) is 0 Å². The monoisotopic (exact) mass is 434 g/mol. The maximum Gasteiger partial charge on any atom is 0.511 e. The first-order chi connectivity index (χ1) is 15.0. The molecular formula is C26H26O6. The molecule has 32 heavy (non-hydrogen) atoms. The summed E-state index contributed by atoms with van der Waals surface area (Å²) in [5, 5.41) is 17.5. The Morgan fingerprint density at radius 1 is 0.594 bits per heavy atom. The van der Waals surface area contributed by atoms with E-state index in [1.807, 2.05) is 30.3 Å². The van der Waals surface area contributed by atoms with Gasteiger partial charge in [0.1, 0.15) is 11.5 Å². The Labute approximate surface area is 187 Å². The quantitative estimate of drug-likeness (QED) is 0.342. The number of rotatable bonds is 6. The van der Waals surface area contributed by atoms with Gasteiger partial charge in [-0.1, -0.05) is 76.2 Å². The Balaban J connectivity index is 1.90. The molecule has 0 unspecified atom stereocenters. The van der Waals surface area contributed by atoms with Gasteiger partial charge in [-0.05, 0) is 46.5 Å². The summed E-state index contributed by atoms with van der Waals surface area (Å²) in [5.41, 5.74) is 3.63. The molecule has 0 aliphatic heterocycles. The van der Waals surface area contributed by atoms with E-state index in [9.17, 15) is 9.59 Å². The average Bonchev–Trinajstić information content (AvgIpc) is 2.74. The average molecular weight is 434 g/mol. The lowest BCUT2D eigenvalue weighted by Crippen LogP contribution is -2.23. The van der Waals surface area contributed by atoms with Gasteiger partial charge < -0.3 is 19.7 Å². The van der Waals surface area contributed by atoms with Crippen LogP contribution in [0.1, 0.15) is 49.9 Å². The van der Waals surface area contributed by atoms with Crippen LogP contribution in [0.15, 0.2) is 72.8 Å². The number of carbonyl (C=O) groups is 2. The van der Waals surface area contributed by atoms with Gasteiger partial charge in [0.25, 0.3) is 0 Å². The van der Waals surface area contributed by atoms with Crippen LogP contribution in [0, 0.1) is 0 Å². The summed E-state index contributed by atoms with van der Waals surface area (Å²) in [6, 6.07) is 22.4. The van der Waals surface area contributed by atoms with Crippen molar-refractivity contribution < 1.29 is 29.3 Å². The van der Waals surface area contributed by atoms with Crippen LogP contribution in [0.25, 0.3) is 0 Å². The highest BCUT2D eigenvalue weighted by atomic mass is 16.7. The van der Waals surface area contributed by atoms with Gasteiger partial charge >= 0.3 is 12.3 Å². The molecule has 0 fully saturated rings. The molecular weight excluding hydrogens is 408 g/mol. The van der Waals surface area contributed by atoms with E-state index >= 15 is 0 Å². The van der Waals surface area contributed by atoms with Gasteiger partial charge in [0.05, 0.1) is 0 Å². The van der Waals surface area contributed by atoms with Gasteiger partial charge in [-0.25, -0.2) is 9.59 Å². The summed E-state index contributed by atoms with van der Waals surface area (Å²) in [6.45, 7) is 8.46. The van der Waals surface area contributed by atoms with Crippen LogP contribution in [-0.4, -0.2) is 22.5 Å². The number of carboxylic acid groups (broad SMARTS) is 2. The maximum atomic E-state index is 10.7. The van der Waals surface area contributed by atoms with Crippen molar-refractivity contribution in [1.29, 1.82) is 0 Å². The lowest BCUT2D eigenvalue weighted by molar-refractivity contribution is 0.143. The zero-order valence-corrected chi connectivity index (χ0v) is 18.5. The topological polar surface area (TPSA) is 93.1 Å². The predicted molar refractivity (Wildman–Crippen MR) is 121 cm³/mol. The van der Waals surface area contributed by atoms with Crippen molar-refractivity contribution in [3.05, 3.63) is 95.1 Å². The lowest BCUT2D eigenvalue weighted by atomic mass is 9.73. The van der Waals surface area contributed by atoms with Crippen molar-refractivity contribution in [2.24, 2.45) is 0 Å². The number of hydrogen-bond donors (Lipinski definition) is 2. The van der Waals surface area contributed by atoms with Crippen molar-refractivity contribution in [3.8, 4) is 11.5 Å². The largest absolute Gasteiger partial charge is 0.511 e. The fourth-order valence-corrected chi connectivity index (χ4v) is 3.71. The maximum absolute atomic E-state index is 10.7. The van der Waals surface area contributed by atoms with Gasteiger partial charge in [-0.15, -0.1) is 0 Å². The van der Waals surface area contributed by atoms with Crippen molar-refractivity contribution in [3.63, 3.8) is 0 Å². The first kappa shape index (κ1) is 22.9. The minimum atomic E-state index is -1.34. The molecule has 3 aromatic carbocycles. The summed E-state index contributed by atoms with van der Waals surface area (Å²) in [6.07, 6.45) is -2.68. The summed E-state index contributed by atoms with van der Waals surface area (Å²) < 4.78 is 9.41. The van der Waals surface area contributed by atoms with Crippen molar-refractivity contribution in [2.75, 3.05) is 0 Å². The third-order valence-electron chi connectivity index (χ3n) is 5.87. The van der Waals surface area contributed by atoms with Crippen molar-refractivity contribution in [2.45, 2.75) is 38.5 Å². The van der Waals surface area contributed by atoms with Crippen molar-refractivity contribution >= 4 is 12.3 Å². The molecule has 0 aliphatic carbocycles. The van der Waals surface area contributed by atoms with E-state index in [4.69, 9.17) is 19.7 Å². The molecule has 6 heteroatoms. The van der Waals surface area contributed by atoms with E-state index in [2.05, 4.69) is 45.9 Å². The van der Waals surface area contributed by atoms with E-state index in [0.717, 1.165) is 22.3 Å². The Morgan fingerprint density at radius 3 is 1.25 bits per heavy atom. The molecule has 0 saturated carbocycles. The van der Waals surface area contributed by atoms with Crippen LogP contribution in [0.3, 0.4) is 0 Å². The Morgan fingerprint density at radius 2 is 0.938 bits per heavy atom. The zero-order chi connectivity index (χ0) is 23.5. The van der Waals surface area contributed by atoms with Crippen molar-refractivity contribution in [1.82, 2.24) is 0 Å². The Hall–Kier alpha value is -3.80. The number of ether oxygens (including phenoxy) is 2. The molecule has 0 heterocycles. The SMILES string of the molecule is CC(C)(c1ccc(OC(=O)O)cc1)c1cccc(C(C)(C)c2ccc(OC(=O)O)cc2)c1. The zero-order valence-electron chi connectivity index (χ0n) is 18.5. The molecule has 0 bridgehead atoms. The van der Waals surface area contributed by atoms with Gasteiger partial charge in [-0.2, -0.15) is 0 Å². The van der Waals surface area contributed by atoms with Crippen LogP contribution in [0.4, 0.5) is 9.59 Å². The molecule has 0 saturated heterocycles. The summed E-state index contributed by atoms with van der Waals surface area (Å²) in [5.74, 6) is 0.560. The summed E-state index contributed by atoms with van der Waals surface area (Å²) in [4.78, 5) is 21.5. The molecule has 2 N–H and O–H groups in total. The molecule has 0 amide bonds. The van der Waals surface area contributed by atoms with Gasteiger partial charge in [0.15, 0.2) is 0 Å². The summed E-state index contributed by atoms with van der Waals surface area (Å²) >= 11 is 0. The lowest BCUT2D eigenvalue weighted by Gasteiger charge is -2.31. The van der Waals surface area contributed by atoms with Crippen LogP contribution >= 0.6 is 0 Å². The molecule has 166 valence electrons. The highest BCUT2D eigenvalue weighted by molar-refractivity contribution is 5.61. The van der Waals surface area contributed by atoms with E-state index in [1.54, 1.807) is 24.3 Å². The number of benzene rings is 3. The third kappa shape index (κ3) is 4.91. The third-order valence-corrected chi connectivity index (χ3v) is 5.87. The van der Waals surface area contributed by atoms with Gasteiger partial charge in [-0.3, -0.25) is 0 Å². The van der Waals surface area contributed by atoms with Crippen LogP contribution in [-0.2, 0) is 10.8 Å². The molecule has 0 spiro atoms. The fraction of sp³-hybridized carbons (Fsp3) is 0.231. The second-order valence-electron chi connectivity index (χ2n) is 8.62. The van der Waals surface area contributed by atoms with Gasteiger partial charge in [0.2, 0.25) is 0 Å². The molecule has 0 aromatic heterocycles. The molecule has 0 atom stereocenters. The van der Waals surface area contributed by atoms with Crippen LogP contribution in [0.5, 0.6) is 11.5 Å². The smallest absolute Gasteiger partial charge is 0.449 e. The number of hydrogen-bond acceptors (Lipinski definition) is 4. The molecule has 3 aromatic rings. The minimum Gasteiger partial charge on any atom is -0.449 e. The Bertz CT molecular complexity index is 1030. The highest BCUT2D eigenvalue weighted by Crippen LogP contribution is 2.37. The normalized spacial score (nSPS) is 11.6. The summed E-state index contributed by atoms with van der Waals surface area (Å²) in [7, 11) is 0. The van der Waals surface area contributed by atoms with E-state index < -0.39 is 12.3 Å². The van der Waals surface area contributed by atoms with Gasteiger partial charge in [0, 0.05) is 10.8 Å². The molecule has 3 rings (SSSR count). The fourth-order valence-electron chi connectivity index (χ4n) is 3.71. The van der Waals surface area contributed by atoms with Crippen LogP contribution in [0.2, 0.25) is 0 Å². The predicted octanol–water partition coefficient (Wildman–Crippen LogP) is 6.45. The second kappa shape index (κ2) is 8.75. The Kier molecular flexibility index (Phi) is 6.25. The molecule has 0 radical (unpaired) electrons. The standard InChI is InChI=1S/C26H26O6/c1-25(2,17-8-12-21(13-9-17)31-23(27)28)19-6-5-7-20(16-19)26(3,4)18-10-14-22(15-11-18)32-24(29)30/h5-16H,1-4H3,(H,27,28)(H,29,30). The second-order valence-corrected chi connectivity index (χ2v) is 8.62. The van der Waals surface area contributed by atoms with Crippen LogP contribution < -0.4 is 9.47 Å². The highest BCUT2D eigenvalue weighted by Gasteiger charge is 2.28. The van der Waals surface area contributed by atoms with E-state index in [-0.39, 0.29) is 22.3 Å². The minimum absolute atomic E-state index is 0.280. The molecule has 0 aliphatic rings. The van der Waals surface area contributed by atoms with E-state index in [0.29, 0.717) is 0 Å².